The number of aromatic nitrogens is 2. The number of hydrogen-bond acceptors (Lipinski definition) is 6. The molecule has 0 aromatic carbocycles. The van der Waals surface area contributed by atoms with Crippen molar-refractivity contribution in [2.45, 2.75) is 19.8 Å². The number of hydrogen-bond donors (Lipinski definition) is 2. The summed E-state index contributed by atoms with van der Waals surface area (Å²) in [5.74, 6) is 0.0528. The molecule has 10 heteroatoms. The van der Waals surface area contributed by atoms with Gasteiger partial charge in [-0.2, -0.15) is 5.10 Å². The van der Waals surface area contributed by atoms with Gasteiger partial charge in [-0.05, 0) is 49.4 Å². The lowest BCUT2D eigenvalue weighted by atomic mass is 9.96. The molecule has 1 aliphatic heterocycles. The Morgan fingerprint density at radius 1 is 1.25 bits per heavy atom. The minimum atomic E-state index is -0.343. The average molecular weight is 456 g/mol. The third-order valence-electron chi connectivity index (χ3n) is 5.51. The van der Waals surface area contributed by atoms with Gasteiger partial charge in [0.05, 0.1) is 27.9 Å². The van der Waals surface area contributed by atoms with Gasteiger partial charge in [0, 0.05) is 32.9 Å². The minimum absolute atomic E-state index is 0.0242. The zero-order valence-electron chi connectivity index (χ0n) is 18.0. The smallest absolute Gasteiger partial charge is 0.291 e. The Bertz CT molecular complexity index is 1110. The van der Waals surface area contributed by atoms with E-state index in [1.165, 1.54) is 17.6 Å². The standard InChI is InChI=1S/C22H25N5O4S/c1-14-10-18(25-21(29)17-4-3-9-31-17)32-19(14)22(30)27-7-5-15(6-8-27)11-23-20(28)16-12-24-26(2)13-16/h3-4,9-10,12-13,15H,5-8,11H2,1-2H3,(H,23,28)(H,25,29). The molecule has 168 valence electrons. The third-order valence-corrected chi connectivity index (χ3v) is 6.65. The number of carbonyl (C=O) groups excluding carboxylic acids is 3. The van der Waals surface area contributed by atoms with E-state index in [0.29, 0.717) is 41.0 Å². The summed E-state index contributed by atoms with van der Waals surface area (Å²) >= 11 is 1.27. The fraction of sp³-hybridized carbons (Fsp3) is 0.364. The van der Waals surface area contributed by atoms with E-state index in [1.807, 2.05) is 11.8 Å². The van der Waals surface area contributed by atoms with Gasteiger partial charge in [-0.3, -0.25) is 19.1 Å². The van der Waals surface area contributed by atoms with Crippen molar-refractivity contribution in [3.8, 4) is 0 Å². The number of aryl methyl sites for hydroxylation is 2. The van der Waals surface area contributed by atoms with Crippen molar-refractivity contribution in [3.63, 3.8) is 0 Å². The Morgan fingerprint density at radius 3 is 2.69 bits per heavy atom. The molecule has 0 bridgehead atoms. The van der Waals surface area contributed by atoms with E-state index in [9.17, 15) is 14.4 Å². The molecular weight excluding hydrogens is 430 g/mol. The highest BCUT2D eigenvalue weighted by molar-refractivity contribution is 7.18. The molecule has 0 radical (unpaired) electrons. The van der Waals surface area contributed by atoms with Crippen LogP contribution in [0.25, 0.3) is 0 Å². The average Bonchev–Trinajstić information content (AvgIpc) is 3.53. The number of anilines is 1. The van der Waals surface area contributed by atoms with E-state index in [-0.39, 0.29) is 23.5 Å². The van der Waals surface area contributed by atoms with Gasteiger partial charge in [-0.25, -0.2) is 0 Å². The lowest BCUT2D eigenvalue weighted by Crippen LogP contribution is -2.41. The molecule has 9 nitrogen and oxygen atoms in total. The highest BCUT2D eigenvalue weighted by Crippen LogP contribution is 2.29. The highest BCUT2D eigenvalue weighted by atomic mass is 32.1. The molecule has 3 aromatic rings. The summed E-state index contributed by atoms with van der Waals surface area (Å²) in [6.07, 6.45) is 6.32. The third kappa shape index (κ3) is 4.91. The number of piperidine rings is 1. The normalized spacial score (nSPS) is 14.4. The molecule has 4 heterocycles. The largest absolute Gasteiger partial charge is 0.459 e. The molecule has 1 aliphatic rings. The second-order valence-corrected chi connectivity index (χ2v) is 8.95. The number of nitrogens with one attached hydrogen (secondary N) is 2. The maximum atomic E-state index is 13.0. The zero-order chi connectivity index (χ0) is 22.7. The second-order valence-electron chi connectivity index (χ2n) is 7.90. The Balaban J connectivity index is 1.28. The van der Waals surface area contributed by atoms with Crippen LogP contribution in [-0.4, -0.2) is 52.0 Å². The number of nitrogens with zero attached hydrogens (tertiary/aromatic N) is 3. The van der Waals surface area contributed by atoms with E-state index in [4.69, 9.17) is 4.42 Å². The van der Waals surface area contributed by atoms with Crippen molar-refractivity contribution in [3.05, 3.63) is 58.6 Å². The van der Waals surface area contributed by atoms with Crippen molar-refractivity contribution in [2.24, 2.45) is 13.0 Å². The van der Waals surface area contributed by atoms with Crippen LogP contribution in [0.4, 0.5) is 5.00 Å². The molecule has 32 heavy (non-hydrogen) atoms. The summed E-state index contributed by atoms with van der Waals surface area (Å²) in [6, 6.07) is 5.04. The maximum Gasteiger partial charge on any atom is 0.291 e. The van der Waals surface area contributed by atoms with Gasteiger partial charge in [0.25, 0.3) is 17.7 Å². The number of thiophene rings is 1. The van der Waals surface area contributed by atoms with Crippen LogP contribution in [0, 0.1) is 12.8 Å². The Hall–Kier alpha value is -3.40. The molecule has 0 saturated carbocycles. The first-order valence-corrected chi connectivity index (χ1v) is 11.2. The SMILES string of the molecule is Cc1cc(NC(=O)c2ccco2)sc1C(=O)N1CCC(CNC(=O)c2cnn(C)c2)CC1. The molecule has 3 amide bonds. The van der Waals surface area contributed by atoms with Gasteiger partial charge < -0.3 is 20.0 Å². The van der Waals surface area contributed by atoms with Crippen LogP contribution in [0.15, 0.2) is 41.3 Å². The van der Waals surface area contributed by atoms with Crippen LogP contribution in [0.2, 0.25) is 0 Å². The molecular formula is C22H25N5O4S. The summed E-state index contributed by atoms with van der Waals surface area (Å²) in [5.41, 5.74) is 1.38. The summed E-state index contributed by atoms with van der Waals surface area (Å²) < 4.78 is 6.70. The monoisotopic (exact) mass is 455 g/mol. The van der Waals surface area contributed by atoms with Crippen molar-refractivity contribution in [1.29, 1.82) is 0 Å². The van der Waals surface area contributed by atoms with Crippen LogP contribution in [0.5, 0.6) is 0 Å². The van der Waals surface area contributed by atoms with Crippen molar-refractivity contribution < 1.29 is 18.8 Å². The predicted molar refractivity (Wildman–Crippen MR) is 120 cm³/mol. The molecule has 3 aromatic heterocycles. The second kappa shape index (κ2) is 9.39. The van der Waals surface area contributed by atoms with E-state index < -0.39 is 0 Å². The molecule has 0 spiro atoms. The van der Waals surface area contributed by atoms with Crippen LogP contribution in [0.3, 0.4) is 0 Å². The van der Waals surface area contributed by atoms with Crippen molar-refractivity contribution in [1.82, 2.24) is 20.0 Å². The molecule has 1 fully saturated rings. The topological polar surface area (TPSA) is 109 Å². The lowest BCUT2D eigenvalue weighted by Gasteiger charge is -2.32. The van der Waals surface area contributed by atoms with Gasteiger partial charge in [-0.15, -0.1) is 11.3 Å². The summed E-state index contributed by atoms with van der Waals surface area (Å²) in [6.45, 7) is 3.72. The van der Waals surface area contributed by atoms with Crippen LogP contribution in [-0.2, 0) is 7.05 Å². The fourth-order valence-corrected chi connectivity index (χ4v) is 4.73. The molecule has 2 N–H and O–H groups in total. The number of carbonyl (C=O) groups is 3. The lowest BCUT2D eigenvalue weighted by molar-refractivity contribution is 0.0688. The molecule has 0 atom stereocenters. The Labute approximate surface area is 189 Å². The number of furan rings is 1. The van der Waals surface area contributed by atoms with E-state index in [0.717, 1.165) is 18.4 Å². The number of likely N-dealkylation sites (tertiary alicyclic amines) is 1. The van der Waals surface area contributed by atoms with Gasteiger partial charge >= 0.3 is 0 Å². The molecule has 0 aliphatic carbocycles. The van der Waals surface area contributed by atoms with Crippen LogP contribution >= 0.6 is 11.3 Å². The zero-order valence-corrected chi connectivity index (χ0v) is 18.8. The Morgan fingerprint density at radius 2 is 2.03 bits per heavy atom. The first-order valence-electron chi connectivity index (χ1n) is 10.4. The van der Waals surface area contributed by atoms with Gasteiger partial charge in [0.15, 0.2) is 5.76 Å². The van der Waals surface area contributed by atoms with Crippen molar-refractivity contribution >= 4 is 34.1 Å². The predicted octanol–water partition coefficient (Wildman–Crippen LogP) is 2.92. The van der Waals surface area contributed by atoms with Crippen LogP contribution < -0.4 is 10.6 Å². The first kappa shape index (κ1) is 21.8. The molecule has 0 unspecified atom stereocenters. The van der Waals surface area contributed by atoms with Gasteiger partial charge in [0.2, 0.25) is 0 Å². The van der Waals surface area contributed by atoms with Gasteiger partial charge in [-0.1, -0.05) is 0 Å². The Kier molecular flexibility index (Phi) is 6.40. The van der Waals surface area contributed by atoms with E-state index in [1.54, 1.807) is 42.3 Å². The number of amides is 3. The number of rotatable bonds is 6. The van der Waals surface area contributed by atoms with E-state index >= 15 is 0 Å². The molecule has 1 saturated heterocycles. The first-order chi connectivity index (χ1) is 15.4. The molecule has 4 rings (SSSR count). The summed E-state index contributed by atoms with van der Waals surface area (Å²) in [5, 5.41) is 10.4. The van der Waals surface area contributed by atoms with E-state index in [2.05, 4.69) is 15.7 Å². The maximum absolute atomic E-state index is 13.0. The summed E-state index contributed by atoms with van der Waals surface area (Å²) in [4.78, 5) is 39.9. The minimum Gasteiger partial charge on any atom is -0.459 e. The van der Waals surface area contributed by atoms with Crippen LogP contribution in [0.1, 0.15) is 49.0 Å². The van der Waals surface area contributed by atoms with Gasteiger partial charge in [0.1, 0.15) is 0 Å². The van der Waals surface area contributed by atoms with Crippen molar-refractivity contribution in [2.75, 3.05) is 25.0 Å². The quantitative estimate of drug-likeness (QED) is 0.594. The summed E-state index contributed by atoms with van der Waals surface area (Å²) in [7, 11) is 1.77. The highest BCUT2D eigenvalue weighted by Gasteiger charge is 2.26. The fourth-order valence-electron chi connectivity index (χ4n) is 3.70.